The van der Waals surface area contributed by atoms with Crippen molar-refractivity contribution < 1.29 is 4.79 Å². The van der Waals surface area contributed by atoms with Crippen LogP contribution in [0.2, 0.25) is 0 Å². The van der Waals surface area contributed by atoms with Crippen LogP contribution in [0.15, 0.2) is 11.2 Å². The van der Waals surface area contributed by atoms with Gasteiger partial charge in [0.2, 0.25) is 5.91 Å². The lowest BCUT2D eigenvalue weighted by molar-refractivity contribution is -0.121. The number of nitrogens with zero attached hydrogens (tertiary/aromatic N) is 2. The van der Waals surface area contributed by atoms with E-state index in [9.17, 15) is 4.79 Å². The van der Waals surface area contributed by atoms with E-state index < -0.39 is 0 Å². The van der Waals surface area contributed by atoms with Gasteiger partial charge in [0.05, 0.1) is 5.01 Å². The lowest BCUT2D eigenvalue weighted by Gasteiger charge is -2.13. The minimum absolute atomic E-state index is 0.176. The standard InChI is InChI=1S/C18H31N5OS/c1-3-19-18(21-9-8-17-23-13-14(2)25-17)22-11-10-20-16(24)12-15-6-4-5-7-15/h13,15H,3-12H2,1-2H3,(H,20,24)(H2,19,21,22). The number of hydrogen-bond donors (Lipinski definition) is 3. The quantitative estimate of drug-likeness (QED) is 0.356. The van der Waals surface area contributed by atoms with Crippen LogP contribution in [0.4, 0.5) is 0 Å². The van der Waals surface area contributed by atoms with Gasteiger partial charge < -0.3 is 16.0 Å². The molecule has 1 aliphatic carbocycles. The maximum absolute atomic E-state index is 11.9. The molecule has 1 aliphatic rings. The molecule has 140 valence electrons. The number of carbonyl (C=O) groups is 1. The highest BCUT2D eigenvalue weighted by Gasteiger charge is 2.17. The lowest BCUT2D eigenvalue weighted by atomic mass is 10.0. The van der Waals surface area contributed by atoms with E-state index in [2.05, 4.69) is 32.9 Å². The first-order valence-corrected chi connectivity index (χ1v) is 10.2. The van der Waals surface area contributed by atoms with Crippen molar-refractivity contribution in [3.8, 4) is 0 Å². The van der Waals surface area contributed by atoms with Gasteiger partial charge in [-0.2, -0.15) is 0 Å². The summed E-state index contributed by atoms with van der Waals surface area (Å²) in [5.41, 5.74) is 0. The van der Waals surface area contributed by atoms with E-state index in [0.29, 0.717) is 32.0 Å². The third-order valence-corrected chi connectivity index (χ3v) is 5.27. The Morgan fingerprint density at radius 3 is 2.72 bits per heavy atom. The molecule has 6 nitrogen and oxygen atoms in total. The maximum Gasteiger partial charge on any atom is 0.220 e. The number of carbonyl (C=O) groups excluding carboxylic acids is 1. The van der Waals surface area contributed by atoms with Crippen molar-refractivity contribution in [3.05, 3.63) is 16.1 Å². The second-order valence-electron chi connectivity index (χ2n) is 6.51. The average Bonchev–Trinajstić information content (AvgIpc) is 3.23. The van der Waals surface area contributed by atoms with Crippen molar-refractivity contribution in [1.82, 2.24) is 20.9 Å². The molecule has 0 spiro atoms. The number of amides is 1. The van der Waals surface area contributed by atoms with Crippen molar-refractivity contribution in [2.45, 2.75) is 52.4 Å². The Morgan fingerprint density at radius 1 is 1.28 bits per heavy atom. The number of aryl methyl sites for hydroxylation is 1. The Bertz CT molecular complexity index is 551. The Hall–Kier alpha value is -1.63. The van der Waals surface area contributed by atoms with Crippen LogP contribution in [0, 0.1) is 12.8 Å². The van der Waals surface area contributed by atoms with Crippen LogP contribution in [0.1, 0.15) is 48.9 Å². The van der Waals surface area contributed by atoms with E-state index >= 15 is 0 Å². The average molecular weight is 366 g/mol. The summed E-state index contributed by atoms with van der Waals surface area (Å²) in [7, 11) is 0. The fraction of sp³-hybridized carbons (Fsp3) is 0.722. The second kappa shape index (κ2) is 11.1. The summed E-state index contributed by atoms with van der Waals surface area (Å²) in [4.78, 5) is 22.1. The summed E-state index contributed by atoms with van der Waals surface area (Å²) in [6.07, 6.45) is 8.42. The summed E-state index contributed by atoms with van der Waals surface area (Å²) in [6, 6.07) is 0. The van der Waals surface area contributed by atoms with Crippen LogP contribution in [0.25, 0.3) is 0 Å². The van der Waals surface area contributed by atoms with Gasteiger partial charge in [-0.1, -0.05) is 12.8 Å². The fourth-order valence-corrected chi connectivity index (χ4v) is 3.83. The highest BCUT2D eigenvalue weighted by Crippen LogP contribution is 2.27. The molecule has 0 aromatic carbocycles. The topological polar surface area (TPSA) is 78.4 Å². The highest BCUT2D eigenvalue weighted by atomic mass is 32.1. The van der Waals surface area contributed by atoms with Gasteiger partial charge in [0.1, 0.15) is 0 Å². The van der Waals surface area contributed by atoms with E-state index in [-0.39, 0.29) is 5.91 Å². The van der Waals surface area contributed by atoms with E-state index in [4.69, 9.17) is 0 Å². The van der Waals surface area contributed by atoms with Gasteiger partial charge in [-0.25, -0.2) is 4.98 Å². The van der Waals surface area contributed by atoms with Gasteiger partial charge in [0, 0.05) is 50.1 Å². The van der Waals surface area contributed by atoms with Crippen molar-refractivity contribution in [3.63, 3.8) is 0 Å². The predicted octanol–water partition coefficient (Wildman–Crippen LogP) is 2.25. The molecule has 1 fully saturated rings. The SMILES string of the molecule is CCNC(=NCCc1ncc(C)s1)NCCNC(=O)CC1CCCC1. The summed E-state index contributed by atoms with van der Waals surface area (Å²) >= 11 is 1.72. The highest BCUT2D eigenvalue weighted by molar-refractivity contribution is 7.11. The van der Waals surface area contributed by atoms with Crippen LogP contribution in [0.5, 0.6) is 0 Å². The molecule has 0 saturated heterocycles. The summed E-state index contributed by atoms with van der Waals surface area (Å²) in [5.74, 6) is 1.57. The van der Waals surface area contributed by atoms with Crippen molar-refractivity contribution in [2.24, 2.45) is 10.9 Å². The van der Waals surface area contributed by atoms with Crippen molar-refractivity contribution >= 4 is 23.2 Å². The molecule has 7 heteroatoms. The molecule has 0 atom stereocenters. The van der Waals surface area contributed by atoms with E-state index in [1.54, 1.807) is 11.3 Å². The Kier molecular flexibility index (Phi) is 8.72. The number of thiazole rings is 1. The van der Waals surface area contributed by atoms with Gasteiger partial charge in [0.25, 0.3) is 0 Å². The molecule has 0 unspecified atom stereocenters. The Labute approximate surface area is 154 Å². The monoisotopic (exact) mass is 365 g/mol. The van der Waals surface area contributed by atoms with Crippen LogP contribution in [-0.2, 0) is 11.2 Å². The zero-order chi connectivity index (χ0) is 17.9. The second-order valence-corrected chi connectivity index (χ2v) is 7.83. The van der Waals surface area contributed by atoms with Crippen LogP contribution in [-0.4, -0.2) is 43.0 Å². The molecule has 1 heterocycles. The van der Waals surface area contributed by atoms with Crippen LogP contribution < -0.4 is 16.0 Å². The van der Waals surface area contributed by atoms with E-state index in [0.717, 1.165) is 23.9 Å². The molecular weight excluding hydrogens is 334 g/mol. The molecule has 3 N–H and O–H groups in total. The summed E-state index contributed by atoms with van der Waals surface area (Å²) < 4.78 is 0. The first kappa shape index (κ1) is 19.7. The fourth-order valence-electron chi connectivity index (χ4n) is 3.05. The summed E-state index contributed by atoms with van der Waals surface area (Å²) in [5, 5.41) is 10.6. The molecule has 25 heavy (non-hydrogen) atoms. The van der Waals surface area contributed by atoms with Gasteiger partial charge in [-0.05, 0) is 32.6 Å². The van der Waals surface area contributed by atoms with Crippen molar-refractivity contribution in [2.75, 3.05) is 26.2 Å². The number of hydrogen-bond acceptors (Lipinski definition) is 4. The maximum atomic E-state index is 11.9. The molecule has 0 aliphatic heterocycles. The number of aromatic nitrogens is 1. The Morgan fingerprint density at radius 2 is 2.04 bits per heavy atom. The third-order valence-electron chi connectivity index (χ3n) is 4.30. The molecule has 1 aromatic rings. The minimum atomic E-state index is 0.176. The van der Waals surface area contributed by atoms with Gasteiger partial charge >= 0.3 is 0 Å². The van der Waals surface area contributed by atoms with Gasteiger partial charge in [0.15, 0.2) is 5.96 Å². The van der Waals surface area contributed by atoms with Gasteiger partial charge in [-0.15, -0.1) is 11.3 Å². The minimum Gasteiger partial charge on any atom is -0.357 e. The molecular formula is C18H31N5OS. The van der Waals surface area contributed by atoms with Crippen LogP contribution >= 0.6 is 11.3 Å². The van der Waals surface area contributed by atoms with Crippen molar-refractivity contribution in [1.29, 1.82) is 0 Å². The number of guanidine groups is 1. The third kappa shape index (κ3) is 7.86. The number of rotatable bonds is 9. The molecule has 0 radical (unpaired) electrons. The van der Waals surface area contributed by atoms with Crippen LogP contribution in [0.3, 0.4) is 0 Å². The van der Waals surface area contributed by atoms with E-state index in [1.165, 1.54) is 30.6 Å². The first-order valence-electron chi connectivity index (χ1n) is 9.37. The number of aliphatic imine (C=N–C) groups is 1. The molecule has 2 rings (SSSR count). The predicted molar refractivity (Wildman–Crippen MR) is 104 cm³/mol. The summed E-state index contributed by atoms with van der Waals surface area (Å²) in [6.45, 7) is 6.94. The molecule has 0 bridgehead atoms. The van der Waals surface area contributed by atoms with Gasteiger partial charge in [-0.3, -0.25) is 9.79 Å². The number of nitrogens with one attached hydrogen (secondary N) is 3. The smallest absolute Gasteiger partial charge is 0.220 e. The molecule has 1 amide bonds. The molecule has 1 aromatic heterocycles. The zero-order valence-electron chi connectivity index (χ0n) is 15.4. The zero-order valence-corrected chi connectivity index (χ0v) is 16.3. The first-order chi connectivity index (χ1) is 12.2. The molecule has 1 saturated carbocycles. The normalized spacial score (nSPS) is 15.4. The van der Waals surface area contributed by atoms with E-state index in [1.807, 2.05) is 13.1 Å². The Balaban J connectivity index is 1.62. The largest absolute Gasteiger partial charge is 0.357 e. The lowest BCUT2D eigenvalue weighted by Crippen LogP contribution is -2.41.